The van der Waals surface area contributed by atoms with E-state index in [2.05, 4.69) is 78.4 Å². The molecule has 1 unspecified atom stereocenters. The van der Waals surface area contributed by atoms with Gasteiger partial charge in [0, 0.05) is 23.1 Å². The fraction of sp³-hybridized carbons (Fsp3) is 0.647. The van der Waals surface area contributed by atoms with Crippen molar-refractivity contribution >= 4 is 15.9 Å². The molecule has 0 spiro atoms. The number of nitrogens with zero attached hydrogens (tertiary/aromatic N) is 1. The Morgan fingerprint density at radius 1 is 1.20 bits per heavy atom. The van der Waals surface area contributed by atoms with Crippen molar-refractivity contribution in [2.24, 2.45) is 5.92 Å². The van der Waals surface area contributed by atoms with Gasteiger partial charge >= 0.3 is 0 Å². The van der Waals surface area contributed by atoms with E-state index >= 15 is 0 Å². The Morgan fingerprint density at radius 2 is 1.80 bits per heavy atom. The summed E-state index contributed by atoms with van der Waals surface area (Å²) in [5.74, 6) is 1.44. The van der Waals surface area contributed by atoms with Gasteiger partial charge in [-0.05, 0) is 56.5 Å². The number of benzene rings is 1. The Labute approximate surface area is 132 Å². The topological polar surface area (TPSA) is 15.3 Å². The molecule has 1 aromatic rings. The lowest BCUT2D eigenvalue weighted by molar-refractivity contribution is 0.198. The van der Waals surface area contributed by atoms with Gasteiger partial charge in [-0.15, -0.1) is 0 Å². The monoisotopic (exact) mass is 338 g/mol. The summed E-state index contributed by atoms with van der Waals surface area (Å²) < 4.78 is 1.17. The third-order valence-corrected chi connectivity index (χ3v) is 5.06. The predicted octanol–water partition coefficient (Wildman–Crippen LogP) is 3.87. The zero-order chi connectivity index (χ0) is 14.7. The quantitative estimate of drug-likeness (QED) is 0.846. The van der Waals surface area contributed by atoms with Gasteiger partial charge in [0.1, 0.15) is 0 Å². The Hall–Kier alpha value is -0.380. The molecule has 1 aliphatic carbocycles. The third kappa shape index (κ3) is 4.06. The minimum absolute atomic E-state index is 0.627. The maximum absolute atomic E-state index is 3.74. The van der Waals surface area contributed by atoms with E-state index in [9.17, 15) is 0 Å². The van der Waals surface area contributed by atoms with Crippen molar-refractivity contribution in [1.29, 1.82) is 0 Å². The first-order valence-corrected chi connectivity index (χ1v) is 8.42. The van der Waals surface area contributed by atoms with Crippen LogP contribution >= 0.6 is 15.9 Å². The van der Waals surface area contributed by atoms with Gasteiger partial charge in [-0.1, -0.05) is 41.9 Å². The number of halogens is 1. The van der Waals surface area contributed by atoms with E-state index in [0.29, 0.717) is 18.0 Å². The number of likely N-dealkylation sites (N-methyl/N-ethyl adjacent to an activating group) is 1. The summed E-state index contributed by atoms with van der Waals surface area (Å²) in [6.07, 6.45) is 2.56. The smallest absolute Gasteiger partial charge is 0.0237 e. The predicted molar refractivity (Wildman–Crippen MR) is 90.2 cm³/mol. The maximum Gasteiger partial charge on any atom is 0.0237 e. The number of hydrogen-bond donors (Lipinski definition) is 1. The van der Waals surface area contributed by atoms with E-state index in [1.54, 1.807) is 0 Å². The summed E-state index contributed by atoms with van der Waals surface area (Å²) in [5.41, 5.74) is 1.49. The van der Waals surface area contributed by atoms with Crippen LogP contribution in [0.2, 0.25) is 0 Å². The largest absolute Gasteiger partial charge is 0.312 e. The second-order valence-corrected chi connectivity index (χ2v) is 7.52. The van der Waals surface area contributed by atoms with Gasteiger partial charge in [-0.3, -0.25) is 0 Å². The van der Waals surface area contributed by atoms with Gasteiger partial charge in [-0.25, -0.2) is 0 Å². The molecule has 0 bridgehead atoms. The van der Waals surface area contributed by atoms with Gasteiger partial charge < -0.3 is 10.2 Å². The van der Waals surface area contributed by atoms with E-state index < -0.39 is 0 Å². The molecule has 0 heterocycles. The SMILES string of the molecule is CC(C)C(CNC1CC(c2ccc(Br)cc2)C1)N(C)C. The van der Waals surface area contributed by atoms with Crippen LogP contribution in [-0.2, 0) is 0 Å². The van der Waals surface area contributed by atoms with Gasteiger partial charge in [0.25, 0.3) is 0 Å². The molecule has 0 aliphatic heterocycles. The molecule has 1 saturated carbocycles. The van der Waals surface area contributed by atoms with Gasteiger partial charge in [0.15, 0.2) is 0 Å². The van der Waals surface area contributed by atoms with Crippen molar-refractivity contribution < 1.29 is 0 Å². The fourth-order valence-electron chi connectivity index (χ4n) is 3.09. The van der Waals surface area contributed by atoms with Gasteiger partial charge in [0.2, 0.25) is 0 Å². The van der Waals surface area contributed by atoms with Crippen LogP contribution in [0, 0.1) is 5.92 Å². The van der Waals surface area contributed by atoms with Crippen LogP contribution in [0.15, 0.2) is 28.7 Å². The Balaban J connectivity index is 1.75. The first kappa shape index (κ1) is 16.0. The number of nitrogens with one attached hydrogen (secondary N) is 1. The molecular weight excluding hydrogens is 312 g/mol. The summed E-state index contributed by atoms with van der Waals surface area (Å²) in [6, 6.07) is 10.1. The summed E-state index contributed by atoms with van der Waals surface area (Å²) in [4.78, 5) is 2.34. The molecule has 0 aromatic heterocycles. The molecule has 1 N–H and O–H groups in total. The molecule has 2 nitrogen and oxygen atoms in total. The van der Waals surface area contributed by atoms with E-state index in [-0.39, 0.29) is 0 Å². The molecular formula is C17H27BrN2. The highest BCUT2D eigenvalue weighted by molar-refractivity contribution is 9.10. The first-order valence-electron chi connectivity index (χ1n) is 7.62. The Morgan fingerprint density at radius 3 is 2.30 bits per heavy atom. The molecule has 112 valence electrons. The summed E-state index contributed by atoms with van der Waals surface area (Å²) in [5, 5.41) is 3.74. The molecule has 1 aliphatic rings. The molecule has 1 aromatic carbocycles. The van der Waals surface area contributed by atoms with Crippen LogP contribution in [0.4, 0.5) is 0 Å². The minimum atomic E-state index is 0.627. The van der Waals surface area contributed by atoms with E-state index in [1.807, 2.05) is 0 Å². The lowest BCUT2D eigenvalue weighted by atomic mass is 9.76. The van der Waals surface area contributed by atoms with E-state index in [4.69, 9.17) is 0 Å². The molecule has 2 rings (SSSR count). The van der Waals surface area contributed by atoms with Crippen molar-refractivity contribution in [3.8, 4) is 0 Å². The summed E-state index contributed by atoms with van der Waals surface area (Å²) in [6.45, 7) is 5.71. The molecule has 20 heavy (non-hydrogen) atoms. The molecule has 0 amide bonds. The van der Waals surface area contributed by atoms with Crippen LogP contribution < -0.4 is 5.32 Å². The van der Waals surface area contributed by atoms with E-state index in [1.165, 1.54) is 22.9 Å². The van der Waals surface area contributed by atoms with Crippen molar-refractivity contribution in [1.82, 2.24) is 10.2 Å². The fourth-order valence-corrected chi connectivity index (χ4v) is 3.36. The Bertz CT molecular complexity index is 400. The van der Waals surface area contributed by atoms with Crippen molar-refractivity contribution in [3.63, 3.8) is 0 Å². The number of rotatable bonds is 6. The lowest BCUT2D eigenvalue weighted by Crippen LogP contribution is -2.48. The van der Waals surface area contributed by atoms with Crippen LogP contribution in [0.3, 0.4) is 0 Å². The average Bonchev–Trinajstić information content (AvgIpc) is 2.32. The third-order valence-electron chi connectivity index (χ3n) is 4.53. The van der Waals surface area contributed by atoms with Crippen LogP contribution in [0.1, 0.15) is 38.2 Å². The second-order valence-electron chi connectivity index (χ2n) is 6.60. The highest BCUT2D eigenvalue weighted by Gasteiger charge is 2.30. The summed E-state index contributed by atoms with van der Waals surface area (Å²) >= 11 is 3.50. The maximum atomic E-state index is 3.74. The number of hydrogen-bond acceptors (Lipinski definition) is 2. The van der Waals surface area contributed by atoms with Gasteiger partial charge in [0.05, 0.1) is 0 Å². The van der Waals surface area contributed by atoms with Crippen LogP contribution in [0.25, 0.3) is 0 Å². The average molecular weight is 339 g/mol. The standard InChI is InChI=1S/C17H27BrN2/c1-12(2)17(20(3)4)11-19-16-9-14(10-16)13-5-7-15(18)8-6-13/h5-8,12,14,16-17,19H,9-11H2,1-4H3. The normalized spacial score (nSPS) is 23.9. The second kappa shape index (κ2) is 7.06. The van der Waals surface area contributed by atoms with Crippen LogP contribution in [-0.4, -0.2) is 37.6 Å². The summed E-state index contributed by atoms with van der Waals surface area (Å²) in [7, 11) is 4.36. The zero-order valence-electron chi connectivity index (χ0n) is 13.1. The molecule has 0 radical (unpaired) electrons. The molecule has 3 heteroatoms. The zero-order valence-corrected chi connectivity index (χ0v) is 14.7. The van der Waals surface area contributed by atoms with Crippen molar-refractivity contribution in [2.45, 2.75) is 44.7 Å². The van der Waals surface area contributed by atoms with Crippen molar-refractivity contribution in [3.05, 3.63) is 34.3 Å². The Kier molecular flexibility index (Phi) is 5.65. The molecule has 0 saturated heterocycles. The highest BCUT2D eigenvalue weighted by atomic mass is 79.9. The first-order chi connectivity index (χ1) is 9.47. The highest BCUT2D eigenvalue weighted by Crippen LogP contribution is 2.37. The van der Waals surface area contributed by atoms with E-state index in [0.717, 1.165) is 12.5 Å². The lowest BCUT2D eigenvalue weighted by Gasteiger charge is -2.38. The van der Waals surface area contributed by atoms with Crippen molar-refractivity contribution in [2.75, 3.05) is 20.6 Å². The van der Waals surface area contributed by atoms with Crippen LogP contribution in [0.5, 0.6) is 0 Å². The molecule has 1 atom stereocenters. The van der Waals surface area contributed by atoms with Gasteiger partial charge in [-0.2, -0.15) is 0 Å². The minimum Gasteiger partial charge on any atom is -0.312 e. The molecule has 1 fully saturated rings.